The number of aromatic nitrogens is 1. The summed E-state index contributed by atoms with van der Waals surface area (Å²) in [7, 11) is 0. The fraction of sp³-hybridized carbons (Fsp3) is 0.467. The molecule has 0 aliphatic heterocycles. The zero-order valence-corrected chi connectivity index (χ0v) is 11.6. The van der Waals surface area contributed by atoms with Crippen LogP contribution >= 0.6 is 0 Å². The smallest absolute Gasteiger partial charge is 0.253 e. The average molecular weight is 260 g/mol. The number of nitrogens with zero attached hydrogens (tertiary/aromatic N) is 1. The predicted molar refractivity (Wildman–Crippen MR) is 74.6 cm³/mol. The Morgan fingerprint density at radius 2 is 2.21 bits per heavy atom. The second-order valence-corrected chi connectivity index (χ2v) is 4.57. The first-order valence-corrected chi connectivity index (χ1v) is 6.44. The van der Waals surface area contributed by atoms with E-state index in [1.54, 1.807) is 12.3 Å². The monoisotopic (exact) mass is 260 g/mol. The summed E-state index contributed by atoms with van der Waals surface area (Å²) in [4.78, 5) is 16.0. The predicted octanol–water partition coefficient (Wildman–Crippen LogP) is 1.59. The summed E-state index contributed by atoms with van der Waals surface area (Å²) in [6, 6.07) is 1.79. The van der Waals surface area contributed by atoms with Crippen molar-refractivity contribution in [2.75, 3.05) is 6.61 Å². The maximum Gasteiger partial charge on any atom is 0.253 e. The van der Waals surface area contributed by atoms with E-state index in [9.17, 15) is 4.79 Å². The van der Waals surface area contributed by atoms with Crippen LogP contribution in [-0.4, -0.2) is 28.6 Å². The SMILES string of the molecule is CCC(C)C(C)NC(=O)c1cncc(C#CCO)c1. The zero-order chi connectivity index (χ0) is 14.3. The summed E-state index contributed by atoms with van der Waals surface area (Å²) in [5.74, 6) is 5.55. The van der Waals surface area contributed by atoms with Gasteiger partial charge in [-0.1, -0.05) is 32.1 Å². The maximum atomic E-state index is 12.1. The fourth-order valence-corrected chi connectivity index (χ4v) is 1.56. The van der Waals surface area contributed by atoms with Crippen LogP contribution in [0.3, 0.4) is 0 Å². The quantitative estimate of drug-likeness (QED) is 0.808. The topological polar surface area (TPSA) is 62.2 Å². The minimum Gasteiger partial charge on any atom is -0.384 e. The fourth-order valence-electron chi connectivity index (χ4n) is 1.56. The van der Waals surface area contributed by atoms with E-state index in [1.165, 1.54) is 6.20 Å². The molecule has 0 saturated carbocycles. The van der Waals surface area contributed by atoms with Gasteiger partial charge in [0.25, 0.3) is 5.91 Å². The van der Waals surface area contributed by atoms with E-state index in [2.05, 4.69) is 36.0 Å². The molecule has 4 nitrogen and oxygen atoms in total. The standard InChI is InChI=1S/C15H20N2O2/c1-4-11(2)12(3)17-15(19)14-8-13(6-5-7-18)9-16-10-14/h8-12,18H,4,7H2,1-3H3,(H,17,19). The highest BCUT2D eigenvalue weighted by Gasteiger charge is 2.14. The van der Waals surface area contributed by atoms with Gasteiger partial charge in [-0.15, -0.1) is 0 Å². The summed E-state index contributed by atoms with van der Waals surface area (Å²) >= 11 is 0. The van der Waals surface area contributed by atoms with Gasteiger partial charge < -0.3 is 10.4 Å². The molecule has 1 aromatic rings. The third-order valence-corrected chi connectivity index (χ3v) is 3.17. The molecule has 0 spiro atoms. The lowest BCUT2D eigenvalue weighted by Crippen LogP contribution is -2.36. The van der Waals surface area contributed by atoms with E-state index in [0.717, 1.165) is 6.42 Å². The highest BCUT2D eigenvalue weighted by molar-refractivity contribution is 5.94. The van der Waals surface area contributed by atoms with Gasteiger partial charge in [0.2, 0.25) is 0 Å². The Hall–Kier alpha value is -1.86. The Bertz CT molecular complexity index is 488. The Morgan fingerprint density at radius 1 is 1.47 bits per heavy atom. The van der Waals surface area contributed by atoms with Gasteiger partial charge in [-0.2, -0.15) is 0 Å². The first kappa shape index (κ1) is 15.2. The maximum absolute atomic E-state index is 12.1. The molecule has 0 saturated heterocycles. The lowest BCUT2D eigenvalue weighted by Gasteiger charge is -2.19. The van der Waals surface area contributed by atoms with Gasteiger partial charge in [0.15, 0.2) is 0 Å². The first-order chi connectivity index (χ1) is 9.08. The van der Waals surface area contributed by atoms with E-state index in [1.807, 2.05) is 6.92 Å². The molecule has 1 rings (SSSR count). The number of hydrogen-bond acceptors (Lipinski definition) is 3. The van der Waals surface area contributed by atoms with E-state index in [-0.39, 0.29) is 18.6 Å². The van der Waals surface area contributed by atoms with Crippen molar-refractivity contribution in [3.63, 3.8) is 0 Å². The molecule has 1 amide bonds. The molecule has 2 atom stereocenters. The Kier molecular flexibility index (Phi) is 6.04. The highest BCUT2D eigenvalue weighted by Crippen LogP contribution is 2.08. The Morgan fingerprint density at radius 3 is 2.84 bits per heavy atom. The Labute approximate surface area is 114 Å². The van der Waals surface area contributed by atoms with Crippen LogP contribution in [0.5, 0.6) is 0 Å². The molecule has 0 fully saturated rings. The molecule has 0 radical (unpaired) electrons. The van der Waals surface area contributed by atoms with Crippen LogP contribution in [0.4, 0.5) is 0 Å². The molecule has 0 bridgehead atoms. The van der Waals surface area contributed by atoms with Gasteiger partial charge in [0.05, 0.1) is 5.56 Å². The average Bonchev–Trinajstić information content (AvgIpc) is 2.44. The number of rotatable bonds is 4. The third kappa shape index (κ3) is 4.72. The molecule has 4 heteroatoms. The van der Waals surface area contributed by atoms with Gasteiger partial charge in [0.1, 0.15) is 6.61 Å². The molecule has 102 valence electrons. The first-order valence-electron chi connectivity index (χ1n) is 6.44. The van der Waals surface area contributed by atoms with Gasteiger partial charge in [-0.05, 0) is 18.9 Å². The van der Waals surface area contributed by atoms with Crippen molar-refractivity contribution in [2.45, 2.75) is 33.2 Å². The lowest BCUT2D eigenvalue weighted by atomic mass is 10.0. The van der Waals surface area contributed by atoms with Crippen molar-refractivity contribution >= 4 is 5.91 Å². The summed E-state index contributed by atoms with van der Waals surface area (Å²) in [6.45, 7) is 5.99. The number of nitrogens with one attached hydrogen (secondary N) is 1. The largest absolute Gasteiger partial charge is 0.384 e. The van der Waals surface area contributed by atoms with E-state index in [0.29, 0.717) is 17.0 Å². The summed E-state index contributed by atoms with van der Waals surface area (Å²) in [5.41, 5.74) is 1.11. The summed E-state index contributed by atoms with van der Waals surface area (Å²) < 4.78 is 0. The van der Waals surface area contributed by atoms with Crippen LogP contribution in [0.2, 0.25) is 0 Å². The molecule has 2 N–H and O–H groups in total. The van der Waals surface area contributed by atoms with Gasteiger partial charge >= 0.3 is 0 Å². The van der Waals surface area contributed by atoms with Crippen LogP contribution < -0.4 is 5.32 Å². The molecular weight excluding hydrogens is 240 g/mol. The van der Waals surface area contributed by atoms with Crippen molar-refractivity contribution in [3.05, 3.63) is 29.6 Å². The number of carbonyl (C=O) groups excluding carboxylic acids is 1. The van der Waals surface area contributed by atoms with E-state index in [4.69, 9.17) is 5.11 Å². The van der Waals surface area contributed by atoms with Gasteiger partial charge in [0, 0.05) is 24.0 Å². The molecule has 19 heavy (non-hydrogen) atoms. The van der Waals surface area contributed by atoms with Crippen LogP contribution in [0.15, 0.2) is 18.5 Å². The molecule has 2 unspecified atom stereocenters. The zero-order valence-electron chi connectivity index (χ0n) is 11.6. The van der Waals surface area contributed by atoms with Crippen molar-refractivity contribution in [3.8, 4) is 11.8 Å². The number of carbonyl (C=O) groups is 1. The molecule has 1 heterocycles. The summed E-state index contributed by atoms with van der Waals surface area (Å²) in [5, 5.41) is 11.6. The number of aliphatic hydroxyl groups excluding tert-OH is 1. The molecule has 0 aliphatic rings. The minimum absolute atomic E-state index is 0.115. The van der Waals surface area contributed by atoms with Gasteiger partial charge in [-0.25, -0.2) is 0 Å². The molecule has 0 aromatic carbocycles. The molecular formula is C15H20N2O2. The van der Waals surface area contributed by atoms with Crippen LogP contribution in [0.25, 0.3) is 0 Å². The number of amides is 1. The minimum atomic E-state index is -0.207. The highest BCUT2D eigenvalue weighted by atomic mass is 16.2. The van der Waals surface area contributed by atoms with Crippen molar-refractivity contribution < 1.29 is 9.90 Å². The van der Waals surface area contributed by atoms with Crippen molar-refractivity contribution in [2.24, 2.45) is 5.92 Å². The number of hydrogen-bond donors (Lipinski definition) is 2. The van der Waals surface area contributed by atoms with Crippen molar-refractivity contribution in [1.29, 1.82) is 0 Å². The number of aliphatic hydroxyl groups is 1. The van der Waals surface area contributed by atoms with E-state index >= 15 is 0 Å². The summed E-state index contributed by atoms with van der Waals surface area (Å²) in [6.07, 6.45) is 4.10. The molecule has 0 aliphatic carbocycles. The molecule has 1 aromatic heterocycles. The van der Waals surface area contributed by atoms with Crippen LogP contribution in [-0.2, 0) is 0 Å². The van der Waals surface area contributed by atoms with Gasteiger partial charge in [-0.3, -0.25) is 9.78 Å². The van der Waals surface area contributed by atoms with Crippen molar-refractivity contribution in [1.82, 2.24) is 10.3 Å². The van der Waals surface area contributed by atoms with Crippen LogP contribution in [0, 0.1) is 17.8 Å². The Balaban J connectivity index is 2.77. The lowest BCUT2D eigenvalue weighted by molar-refractivity contribution is 0.0927. The van der Waals surface area contributed by atoms with Crippen LogP contribution in [0.1, 0.15) is 43.1 Å². The second-order valence-electron chi connectivity index (χ2n) is 4.57. The second kappa shape index (κ2) is 7.55. The third-order valence-electron chi connectivity index (χ3n) is 3.17. The normalized spacial score (nSPS) is 13.1. The number of pyridine rings is 1. The van der Waals surface area contributed by atoms with E-state index < -0.39 is 0 Å².